The van der Waals surface area contributed by atoms with E-state index in [1.165, 1.54) is 21.1 Å². The SMILES string of the molecule is C=CC(COCc1ccccc1)c1c(N=[N+]=[N-])c(OC)c(C)c(OC)c1OC(C)=O. The summed E-state index contributed by atoms with van der Waals surface area (Å²) in [5.74, 6) is -0.223. The molecule has 0 saturated carbocycles. The third-order valence-corrected chi connectivity index (χ3v) is 4.47. The summed E-state index contributed by atoms with van der Waals surface area (Å²) >= 11 is 0. The van der Waals surface area contributed by atoms with Crippen molar-refractivity contribution in [2.24, 2.45) is 5.11 Å². The number of rotatable bonds is 10. The van der Waals surface area contributed by atoms with E-state index in [1.54, 1.807) is 13.0 Å². The molecule has 1 atom stereocenters. The minimum atomic E-state index is -0.543. The Morgan fingerprint density at radius 2 is 1.87 bits per heavy atom. The Balaban J connectivity index is 2.57. The van der Waals surface area contributed by atoms with Crippen molar-refractivity contribution in [1.82, 2.24) is 0 Å². The monoisotopic (exact) mass is 411 g/mol. The van der Waals surface area contributed by atoms with Crippen molar-refractivity contribution in [3.8, 4) is 17.2 Å². The molecular formula is C22H25N3O5. The predicted molar refractivity (Wildman–Crippen MR) is 113 cm³/mol. The van der Waals surface area contributed by atoms with Crippen LogP contribution in [0.5, 0.6) is 17.2 Å². The molecule has 1 unspecified atom stereocenters. The summed E-state index contributed by atoms with van der Waals surface area (Å²) < 4.78 is 22.3. The highest BCUT2D eigenvalue weighted by molar-refractivity contribution is 5.78. The largest absolute Gasteiger partial charge is 0.496 e. The second-order valence-corrected chi connectivity index (χ2v) is 6.41. The van der Waals surface area contributed by atoms with Crippen LogP contribution >= 0.6 is 0 Å². The molecular weight excluding hydrogens is 386 g/mol. The molecule has 2 rings (SSSR count). The van der Waals surface area contributed by atoms with Crippen molar-refractivity contribution < 1.29 is 23.7 Å². The molecule has 0 radical (unpaired) electrons. The van der Waals surface area contributed by atoms with Gasteiger partial charge in [-0.15, -0.1) is 6.58 Å². The van der Waals surface area contributed by atoms with Gasteiger partial charge in [0.2, 0.25) is 0 Å². The predicted octanol–water partition coefficient (Wildman–Crippen LogP) is 5.37. The number of azide groups is 1. The first kappa shape index (κ1) is 22.8. The van der Waals surface area contributed by atoms with Gasteiger partial charge in [-0.2, -0.15) is 0 Å². The minimum Gasteiger partial charge on any atom is -0.496 e. The van der Waals surface area contributed by atoms with Gasteiger partial charge in [0.05, 0.1) is 33.1 Å². The number of esters is 1. The first-order valence-corrected chi connectivity index (χ1v) is 9.24. The van der Waals surface area contributed by atoms with E-state index in [9.17, 15) is 4.79 Å². The molecule has 0 bridgehead atoms. The van der Waals surface area contributed by atoms with Crippen LogP contribution in [0.2, 0.25) is 0 Å². The molecule has 8 heteroatoms. The number of ether oxygens (including phenoxy) is 4. The van der Waals surface area contributed by atoms with E-state index >= 15 is 0 Å². The van der Waals surface area contributed by atoms with Gasteiger partial charge in [-0.25, -0.2) is 0 Å². The highest BCUT2D eigenvalue weighted by Crippen LogP contribution is 2.51. The Labute approximate surface area is 175 Å². The molecule has 0 heterocycles. The Hall–Kier alpha value is -3.48. The zero-order valence-corrected chi connectivity index (χ0v) is 17.5. The van der Waals surface area contributed by atoms with Crippen LogP contribution in [0.3, 0.4) is 0 Å². The number of methoxy groups -OCH3 is 2. The number of benzene rings is 2. The topological polar surface area (TPSA) is 103 Å². The highest BCUT2D eigenvalue weighted by Gasteiger charge is 2.29. The third kappa shape index (κ3) is 5.11. The van der Waals surface area contributed by atoms with Crippen LogP contribution in [-0.2, 0) is 16.1 Å². The zero-order chi connectivity index (χ0) is 22.1. The summed E-state index contributed by atoms with van der Waals surface area (Å²) in [7, 11) is 2.92. The quantitative estimate of drug-likeness (QED) is 0.131. The number of hydrogen-bond donors (Lipinski definition) is 0. The first-order chi connectivity index (χ1) is 14.5. The van der Waals surface area contributed by atoms with Gasteiger partial charge in [-0.3, -0.25) is 4.79 Å². The molecule has 0 fully saturated rings. The number of carbonyl (C=O) groups excluding carboxylic acids is 1. The second-order valence-electron chi connectivity index (χ2n) is 6.41. The van der Waals surface area contributed by atoms with E-state index in [0.717, 1.165) is 5.56 Å². The van der Waals surface area contributed by atoms with Crippen molar-refractivity contribution in [2.45, 2.75) is 26.4 Å². The number of carbonyl (C=O) groups is 1. The van der Waals surface area contributed by atoms with Gasteiger partial charge in [0.15, 0.2) is 11.5 Å². The highest BCUT2D eigenvalue weighted by atomic mass is 16.6. The average Bonchev–Trinajstić information content (AvgIpc) is 2.73. The van der Waals surface area contributed by atoms with Gasteiger partial charge in [0.1, 0.15) is 5.75 Å². The van der Waals surface area contributed by atoms with Gasteiger partial charge >= 0.3 is 5.97 Å². The van der Waals surface area contributed by atoms with Crippen molar-refractivity contribution in [3.05, 3.63) is 70.1 Å². The van der Waals surface area contributed by atoms with Crippen LogP contribution in [0.1, 0.15) is 29.5 Å². The van der Waals surface area contributed by atoms with Crippen LogP contribution in [-0.4, -0.2) is 26.8 Å². The van der Waals surface area contributed by atoms with Gasteiger partial charge in [-0.1, -0.05) is 41.5 Å². The van der Waals surface area contributed by atoms with Crippen LogP contribution in [0, 0.1) is 6.92 Å². The third-order valence-electron chi connectivity index (χ3n) is 4.47. The van der Waals surface area contributed by atoms with E-state index in [0.29, 0.717) is 29.2 Å². The second kappa shape index (κ2) is 10.9. The Kier molecular flexibility index (Phi) is 8.29. The summed E-state index contributed by atoms with van der Waals surface area (Å²) in [6.45, 7) is 7.47. The molecule has 0 aliphatic heterocycles. The Morgan fingerprint density at radius 3 is 2.40 bits per heavy atom. The summed E-state index contributed by atoms with van der Waals surface area (Å²) in [5, 5.41) is 3.82. The van der Waals surface area contributed by atoms with Crippen molar-refractivity contribution >= 4 is 11.7 Å². The molecule has 0 N–H and O–H groups in total. The minimum absolute atomic E-state index is 0.152. The molecule has 8 nitrogen and oxygen atoms in total. The standard InChI is InChI=1S/C22H25N3O5/c1-6-17(13-29-12-16-10-8-7-9-11-16)18-19(24-25-23)20(27-4)14(2)21(28-5)22(18)30-15(3)26/h6-11,17H,1,12-13H2,2-5H3. The van der Waals surface area contributed by atoms with Gasteiger partial charge in [0, 0.05) is 28.9 Å². The molecule has 0 aliphatic rings. The molecule has 2 aromatic carbocycles. The van der Waals surface area contributed by atoms with Gasteiger partial charge < -0.3 is 18.9 Å². The van der Waals surface area contributed by atoms with E-state index in [4.69, 9.17) is 24.5 Å². The van der Waals surface area contributed by atoms with E-state index in [-0.39, 0.29) is 18.0 Å². The zero-order valence-electron chi connectivity index (χ0n) is 17.5. The molecule has 30 heavy (non-hydrogen) atoms. The van der Waals surface area contributed by atoms with E-state index < -0.39 is 11.9 Å². The molecule has 0 amide bonds. The van der Waals surface area contributed by atoms with Crippen molar-refractivity contribution in [3.63, 3.8) is 0 Å². The van der Waals surface area contributed by atoms with Crippen molar-refractivity contribution in [2.75, 3.05) is 20.8 Å². The normalized spacial score (nSPS) is 11.2. The van der Waals surface area contributed by atoms with Crippen LogP contribution in [0.15, 0.2) is 48.1 Å². The van der Waals surface area contributed by atoms with Crippen molar-refractivity contribution in [1.29, 1.82) is 0 Å². The summed E-state index contributed by atoms with van der Waals surface area (Å²) in [4.78, 5) is 14.7. The van der Waals surface area contributed by atoms with E-state index in [2.05, 4.69) is 16.6 Å². The Bertz CT molecular complexity index is 953. The summed E-state index contributed by atoms with van der Waals surface area (Å²) in [6, 6.07) is 9.70. The van der Waals surface area contributed by atoms with Crippen LogP contribution < -0.4 is 14.2 Å². The van der Waals surface area contributed by atoms with Crippen LogP contribution in [0.4, 0.5) is 5.69 Å². The molecule has 0 spiro atoms. The lowest BCUT2D eigenvalue weighted by Crippen LogP contribution is -2.13. The lowest BCUT2D eigenvalue weighted by molar-refractivity contribution is -0.132. The van der Waals surface area contributed by atoms with Gasteiger partial charge in [-0.05, 0) is 18.0 Å². The summed E-state index contributed by atoms with van der Waals surface area (Å²) in [6.07, 6.45) is 1.64. The molecule has 158 valence electrons. The number of nitrogens with zero attached hydrogens (tertiary/aromatic N) is 3. The fraction of sp³-hybridized carbons (Fsp3) is 0.318. The maximum atomic E-state index is 11.8. The maximum Gasteiger partial charge on any atom is 0.308 e. The lowest BCUT2D eigenvalue weighted by Gasteiger charge is -2.24. The molecule has 2 aromatic rings. The smallest absolute Gasteiger partial charge is 0.308 e. The average molecular weight is 411 g/mol. The lowest BCUT2D eigenvalue weighted by atomic mass is 9.93. The fourth-order valence-corrected chi connectivity index (χ4v) is 3.18. The van der Waals surface area contributed by atoms with Gasteiger partial charge in [0.25, 0.3) is 0 Å². The number of hydrogen-bond acceptors (Lipinski definition) is 6. The first-order valence-electron chi connectivity index (χ1n) is 9.24. The van der Waals surface area contributed by atoms with Crippen LogP contribution in [0.25, 0.3) is 10.4 Å². The fourth-order valence-electron chi connectivity index (χ4n) is 3.18. The van der Waals surface area contributed by atoms with E-state index in [1.807, 2.05) is 30.3 Å². The summed E-state index contributed by atoms with van der Waals surface area (Å²) in [5.41, 5.74) is 11.3. The maximum absolute atomic E-state index is 11.8. The molecule has 0 saturated heterocycles. The molecule has 0 aromatic heterocycles. The Morgan fingerprint density at radius 1 is 1.20 bits per heavy atom. The molecule has 0 aliphatic carbocycles.